The van der Waals surface area contributed by atoms with Gasteiger partial charge in [-0.25, -0.2) is 4.98 Å². The highest BCUT2D eigenvalue weighted by molar-refractivity contribution is 7.15. The zero-order valence-electron chi connectivity index (χ0n) is 7.75. The molecule has 2 N–H and O–H groups in total. The first-order valence-corrected chi connectivity index (χ1v) is 5.58. The van der Waals surface area contributed by atoms with Gasteiger partial charge in [0.2, 0.25) is 0 Å². The first kappa shape index (κ1) is 9.44. The lowest BCUT2D eigenvalue weighted by molar-refractivity contribution is 0.558. The summed E-state index contributed by atoms with van der Waals surface area (Å²) in [5.41, 5.74) is 6.00. The molecule has 1 aromatic rings. The van der Waals surface area contributed by atoms with E-state index in [1.165, 1.54) is 0 Å². The van der Waals surface area contributed by atoms with E-state index in [0.29, 0.717) is 17.3 Å². The summed E-state index contributed by atoms with van der Waals surface area (Å²) in [6, 6.07) is 0. The molecule has 1 heterocycles. The maximum Gasteiger partial charge on any atom is 0.113 e. The van der Waals surface area contributed by atoms with Crippen LogP contribution in [0.3, 0.4) is 0 Å². The minimum absolute atomic E-state index is 0.315. The molecule has 1 aliphatic rings. The predicted molar refractivity (Wildman–Crippen MR) is 56.2 cm³/mol. The van der Waals surface area contributed by atoms with Gasteiger partial charge >= 0.3 is 0 Å². The molecule has 1 saturated carbocycles. The third-order valence-corrected chi connectivity index (χ3v) is 4.26. The smallest absolute Gasteiger partial charge is 0.113 e. The van der Waals surface area contributed by atoms with Gasteiger partial charge in [-0.2, -0.15) is 0 Å². The van der Waals surface area contributed by atoms with Crippen LogP contribution in [0.15, 0.2) is 6.20 Å². The van der Waals surface area contributed by atoms with Gasteiger partial charge in [0.1, 0.15) is 4.34 Å². The van der Waals surface area contributed by atoms with E-state index in [9.17, 15) is 0 Å². The molecule has 0 aromatic carbocycles. The molecule has 1 aromatic heterocycles. The van der Waals surface area contributed by atoms with E-state index in [2.05, 4.69) is 18.8 Å². The molecule has 0 bridgehead atoms. The van der Waals surface area contributed by atoms with Crippen molar-refractivity contribution in [2.24, 2.45) is 17.1 Å². The number of rotatable bonds is 2. The minimum Gasteiger partial charge on any atom is -0.330 e. The van der Waals surface area contributed by atoms with Crippen LogP contribution in [-0.2, 0) is 0 Å². The van der Waals surface area contributed by atoms with Crippen LogP contribution in [0.25, 0.3) is 0 Å². The largest absolute Gasteiger partial charge is 0.330 e. The van der Waals surface area contributed by atoms with Crippen LogP contribution in [-0.4, -0.2) is 11.5 Å². The molecule has 4 heteroatoms. The molecule has 2 rings (SSSR count). The van der Waals surface area contributed by atoms with Crippen molar-refractivity contribution in [2.75, 3.05) is 6.54 Å². The molecular formula is C9H13ClN2S. The lowest BCUT2D eigenvalue weighted by atomic mass is 10.1. The molecule has 13 heavy (non-hydrogen) atoms. The SMILES string of the molecule is CC1(C)C(CN)C1c1ncc(Cl)s1. The molecular weight excluding hydrogens is 204 g/mol. The van der Waals surface area contributed by atoms with Crippen molar-refractivity contribution in [3.8, 4) is 0 Å². The van der Waals surface area contributed by atoms with Crippen LogP contribution in [0.1, 0.15) is 24.8 Å². The Kier molecular flexibility index (Phi) is 2.13. The topological polar surface area (TPSA) is 38.9 Å². The lowest BCUT2D eigenvalue weighted by Crippen LogP contribution is -2.05. The fourth-order valence-electron chi connectivity index (χ4n) is 2.09. The standard InChI is InChI=1S/C9H13ClN2S/c1-9(2)5(3-11)7(9)8-12-4-6(10)13-8/h4-5,7H,3,11H2,1-2H3. The van der Waals surface area contributed by atoms with Gasteiger partial charge in [0.15, 0.2) is 0 Å². The number of nitrogens with two attached hydrogens (primary N) is 1. The molecule has 0 aliphatic heterocycles. The molecule has 0 amide bonds. The molecule has 0 spiro atoms. The zero-order chi connectivity index (χ0) is 9.64. The van der Waals surface area contributed by atoms with Crippen LogP contribution in [0.4, 0.5) is 0 Å². The number of aromatic nitrogens is 1. The number of hydrogen-bond acceptors (Lipinski definition) is 3. The predicted octanol–water partition coefficient (Wildman–Crippen LogP) is 2.49. The second kappa shape index (κ2) is 2.94. The van der Waals surface area contributed by atoms with Gasteiger partial charge < -0.3 is 5.73 Å². The first-order valence-electron chi connectivity index (χ1n) is 4.38. The fraction of sp³-hybridized carbons (Fsp3) is 0.667. The van der Waals surface area contributed by atoms with Crippen molar-refractivity contribution < 1.29 is 0 Å². The Labute approximate surface area is 87.1 Å². The van der Waals surface area contributed by atoms with E-state index in [1.54, 1.807) is 17.5 Å². The first-order chi connectivity index (χ1) is 6.07. The Morgan fingerprint density at radius 1 is 1.69 bits per heavy atom. The number of halogens is 1. The van der Waals surface area contributed by atoms with Gasteiger partial charge in [0.25, 0.3) is 0 Å². The van der Waals surface area contributed by atoms with E-state index in [-0.39, 0.29) is 0 Å². The van der Waals surface area contributed by atoms with E-state index in [0.717, 1.165) is 15.9 Å². The van der Waals surface area contributed by atoms with Crippen LogP contribution in [0.2, 0.25) is 4.34 Å². The Bertz CT molecular complexity index is 321. The third kappa shape index (κ3) is 1.39. The summed E-state index contributed by atoms with van der Waals surface area (Å²) in [4.78, 5) is 4.30. The second-order valence-electron chi connectivity index (χ2n) is 4.14. The van der Waals surface area contributed by atoms with Gasteiger partial charge in [-0.1, -0.05) is 25.4 Å². The highest BCUT2D eigenvalue weighted by Crippen LogP contribution is 2.64. The van der Waals surface area contributed by atoms with E-state index in [4.69, 9.17) is 17.3 Å². The maximum atomic E-state index is 5.84. The number of thiazole rings is 1. The van der Waals surface area contributed by atoms with Crippen molar-refractivity contribution >= 4 is 22.9 Å². The number of hydrogen-bond donors (Lipinski definition) is 1. The Balaban J connectivity index is 2.21. The van der Waals surface area contributed by atoms with Gasteiger partial charge in [0.05, 0.1) is 11.2 Å². The molecule has 2 atom stereocenters. The lowest BCUT2D eigenvalue weighted by Gasteiger charge is -1.97. The van der Waals surface area contributed by atoms with Crippen molar-refractivity contribution in [2.45, 2.75) is 19.8 Å². The van der Waals surface area contributed by atoms with Gasteiger partial charge in [-0.3, -0.25) is 0 Å². The van der Waals surface area contributed by atoms with Gasteiger partial charge in [-0.05, 0) is 17.9 Å². The van der Waals surface area contributed by atoms with E-state index >= 15 is 0 Å². The molecule has 0 radical (unpaired) electrons. The second-order valence-corrected chi connectivity index (χ2v) is 5.84. The van der Waals surface area contributed by atoms with Crippen molar-refractivity contribution in [3.63, 3.8) is 0 Å². The quantitative estimate of drug-likeness (QED) is 0.825. The highest BCUT2D eigenvalue weighted by Gasteiger charge is 2.58. The summed E-state index contributed by atoms with van der Waals surface area (Å²) in [7, 11) is 0. The normalized spacial score (nSPS) is 30.5. The highest BCUT2D eigenvalue weighted by atomic mass is 35.5. The maximum absolute atomic E-state index is 5.84. The monoisotopic (exact) mass is 216 g/mol. The van der Waals surface area contributed by atoms with Crippen LogP contribution in [0, 0.1) is 11.3 Å². The molecule has 1 aliphatic carbocycles. The summed E-state index contributed by atoms with van der Waals surface area (Å²) in [6.45, 7) is 5.23. The molecule has 1 fully saturated rings. The van der Waals surface area contributed by atoms with E-state index in [1.807, 2.05) is 0 Å². The Hall–Kier alpha value is -0.120. The average molecular weight is 217 g/mol. The van der Waals surface area contributed by atoms with Crippen LogP contribution >= 0.6 is 22.9 Å². The zero-order valence-corrected chi connectivity index (χ0v) is 9.32. The molecule has 72 valence electrons. The summed E-state index contributed by atoms with van der Waals surface area (Å²) < 4.78 is 0.772. The summed E-state index contributed by atoms with van der Waals surface area (Å²) in [5, 5.41) is 1.14. The van der Waals surface area contributed by atoms with Crippen LogP contribution < -0.4 is 5.73 Å². The van der Waals surface area contributed by atoms with Crippen molar-refractivity contribution in [1.29, 1.82) is 0 Å². The summed E-state index contributed by atoms with van der Waals surface area (Å²) in [5.74, 6) is 1.10. The van der Waals surface area contributed by atoms with Crippen LogP contribution in [0.5, 0.6) is 0 Å². The Morgan fingerprint density at radius 2 is 2.38 bits per heavy atom. The van der Waals surface area contributed by atoms with E-state index < -0.39 is 0 Å². The molecule has 2 unspecified atom stereocenters. The third-order valence-electron chi connectivity index (χ3n) is 3.07. The molecule has 2 nitrogen and oxygen atoms in total. The molecule has 0 saturated heterocycles. The van der Waals surface area contributed by atoms with Crippen molar-refractivity contribution in [1.82, 2.24) is 4.98 Å². The summed E-state index contributed by atoms with van der Waals surface area (Å²) >= 11 is 7.42. The summed E-state index contributed by atoms with van der Waals surface area (Å²) in [6.07, 6.45) is 1.73. The average Bonchev–Trinajstić information content (AvgIpc) is 2.41. The number of nitrogens with zero attached hydrogens (tertiary/aromatic N) is 1. The fourth-order valence-corrected chi connectivity index (χ4v) is 3.38. The Morgan fingerprint density at radius 3 is 2.77 bits per heavy atom. The van der Waals surface area contributed by atoms with Crippen molar-refractivity contribution in [3.05, 3.63) is 15.5 Å². The van der Waals surface area contributed by atoms with Gasteiger partial charge in [-0.15, -0.1) is 11.3 Å². The van der Waals surface area contributed by atoms with Gasteiger partial charge in [0, 0.05) is 5.92 Å². The minimum atomic E-state index is 0.315.